The second kappa shape index (κ2) is 6.24. The molecule has 0 saturated heterocycles. The van der Waals surface area contributed by atoms with Gasteiger partial charge >= 0.3 is 0 Å². The largest absolute Gasteiger partial charge is 0.394 e. The number of hydrogen-bond donors (Lipinski definition) is 2. The zero-order valence-electron chi connectivity index (χ0n) is 10.7. The molecule has 2 aromatic rings. The highest BCUT2D eigenvalue weighted by atomic mass is 19.1. The van der Waals surface area contributed by atoms with E-state index in [1.54, 1.807) is 0 Å². The number of benzene rings is 1. The third-order valence-electron chi connectivity index (χ3n) is 2.89. The number of aromatic nitrogens is 2. The van der Waals surface area contributed by atoms with Gasteiger partial charge in [0.1, 0.15) is 6.33 Å². The molecule has 19 heavy (non-hydrogen) atoms. The van der Waals surface area contributed by atoms with Gasteiger partial charge in [-0.2, -0.15) is 0 Å². The van der Waals surface area contributed by atoms with Crippen molar-refractivity contribution in [2.45, 2.75) is 19.4 Å². The van der Waals surface area contributed by atoms with Gasteiger partial charge in [0, 0.05) is 0 Å². The molecule has 1 heterocycles. The van der Waals surface area contributed by atoms with E-state index in [-0.39, 0.29) is 12.4 Å². The van der Waals surface area contributed by atoms with E-state index in [9.17, 15) is 9.50 Å². The number of aliphatic hydroxyl groups excluding tert-OH is 1. The summed E-state index contributed by atoms with van der Waals surface area (Å²) in [6, 6.07) is 8.97. The Morgan fingerprint density at radius 1 is 1.26 bits per heavy atom. The fraction of sp³-hybridized carbons (Fsp3) is 0.286. The van der Waals surface area contributed by atoms with Crippen molar-refractivity contribution in [1.29, 1.82) is 0 Å². The molecular formula is C14H16FN3O. The molecular weight excluding hydrogens is 245 g/mol. The van der Waals surface area contributed by atoms with E-state index in [4.69, 9.17) is 0 Å². The highest BCUT2D eigenvalue weighted by molar-refractivity contribution is 5.40. The van der Waals surface area contributed by atoms with Crippen molar-refractivity contribution < 1.29 is 9.50 Å². The average molecular weight is 261 g/mol. The summed E-state index contributed by atoms with van der Waals surface area (Å²) in [4.78, 5) is 7.77. The smallest absolute Gasteiger partial charge is 0.186 e. The van der Waals surface area contributed by atoms with Crippen LogP contribution in [-0.4, -0.2) is 21.7 Å². The van der Waals surface area contributed by atoms with Gasteiger partial charge in [0.15, 0.2) is 11.6 Å². The summed E-state index contributed by atoms with van der Waals surface area (Å²) in [6.07, 6.45) is 1.82. The molecule has 0 radical (unpaired) electrons. The molecule has 1 atom stereocenters. The number of nitrogens with one attached hydrogen (secondary N) is 1. The maximum Gasteiger partial charge on any atom is 0.186 e. The molecule has 0 fully saturated rings. The van der Waals surface area contributed by atoms with Crippen LogP contribution in [0, 0.1) is 5.82 Å². The maximum atomic E-state index is 14.0. The Morgan fingerprint density at radius 3 is 2.63 bits per heavy atom. The second-order valence-corrected chi connectivity index (χ2v) is 4.13. The lowest BCUT2D eigenvalue weighted by molar-refractivity contribution is 0.275. The predicted molar refractivity (Wildman–Crippen MR) is 71.3 cm³/mol. The number of anilines is 1. The van der Waals surface area contributed by atoms with Crippen molar-refractivity contribution in [2.24, 2.45) is 0 Å². The minimum atomic E-state index is -0.459. The molecule has 2 N–H and O–H groups in total. The number of halogens is 1. The zero-order chi connectivity index (χ0) is 13.7. The fourth-order valence-electron chi connectivity index (χ4n) is 1.84. The van der Waals surface area contributed by atoms with E-state index in [1.165, 1.54) is 6.33 Å². The molecule has 0 saturated carbocycles. The van der Waals surface area contributed by atoms with Crippen LogP contribution >= 0.6 is 0 Å². The number of rotatable bonds is 5. The molecule has 100 valence electrons. The third-order valence-corrected chi connectivity index (χ3v) is 2.89. The molecule has 4 nitrogen and oxygen atoms in total. The maximum absolute atomic E-state index is 14.0. The van der Waals surface area contributed by atoms with Gasteiger partial charge in [0.2, 0.25) is 0 Å². The van der Waals surface area contributed by atoms with E-state index in [0.717, 1.165) is 5.56 Å². The first-order valence-electron chi connectivity index (χ1n) is 6.18. The van der Waals surface area contributed by atoms with Crippen LogP contribution < -0.4 is 5.32 Å². The van der Waals surface area contributed by atoms with Crippen molar-refractivity contribution in [3.63, 3.8) is 0 Å². The molecule has 0 aliphatic rings. The molecule has 0 aliphatic carbocycles. The fourth-order valence-corrected chi connectivity index (χ4v) is 1.84. The average Bonchev–Trinajstić information content (AvgIpc) is 2.47. The number of aliphatic hydroxyl groups is 1. The molecule has 0 aliphatic heterocycles. The number of aryl methyl sites for hydroxylation is 1. The van der Waals surface area contributed by atoms with Gasteiger partial charge in [-0.1, -0.05) is 37.3 Å². The first-order valence-corrected chi connectivity index (χ1v) is 6.18. The Bertz CT molecular complexity index is 533. The minimum absolute atomic E-state index is 0.120. The quantitative estimate of drug-likeness (QED) is 0.867. The molecule has 1 aromatic heterocycles. The van der Waals surface area contributed by atoms with E-state index >= 15 is 0 Å². The monoisotopic (exact) mass is 261 g/mol. The van der Waals surface area contributed by atoms with Crippen molar-refractivity contribution in [2.75, 3.05) is 11.9 Å². The van der Waals surface area contributed by atoms with Gasteiger partial charge < -0.3 is 10.4 Å². The topological polar surface area (TPSA) is 58.0 Å². The van der Waals surface area contributed by atoms with Crippen LogP contribution in [-0.2, 0) is 6.42 Å². The SMILES string of the molecule is CCc1ncnc(NC(CO)c2ccccc2)c1F. The van der Waals surface area contributed by atoms with Gasteiger partial charge in [-0.15, -0.1) is 0 Å². The summed E-state index contributed by atoms with van der Waals surface area (Å²) < 4.78 is 14.0. The summed E-state index contributed by atoms with van der Waals surface area (Å²) in [5.74, 6) is -0.339. The van der Waals surface area contributed by atoms with Crippen molar-refractivity contribution in [1.82, 2.24) is 9.97 Å². The van der Waals surface area contributed by atoms with Crippen LogP contribution in [0.2, 0.25) is 0 Å². The van der Waals surface area contributed by atoms with E-state index < -0.39 is 11.9 Å². The first-order chi connectivity index (χ1) is 9.26. The number of nitrogens with zero attached hydrogens (tertiary/aromatic N) is 2. The lowest BCUT2D eigenvalue weighted by Gasteiger charge is -2.18. The third kappa shape index (κ3) is 3.06. The van der Waals surface area contributed by atoms with Crippen molar-refractivity contribution >= 4 is 5.82 Å². The Kier molecular flexibility index (Phi) is 4.41. The van der Waals surface area contributed by atoms with Crippen molar-refractivity contribution in [3.05, 3.63) is 53.7 Å². The summed E-state index contributed by atoms with van der Waals surface area (Å²) in [5.41, 5.74) is 1.24. The predicted octanol–water partition coefficient (Wildman–Crippen LogP) is 2.32. The normalized spacial score (nSPS) is 12.2. The molecule has 0 amide bonds. The summed E-state index contributed by atoms with van der Waals surface area (Å²) in [6.45, 7) is 1.69. The summed E-state index contributed by atoms with van der Waals surface area (Å²) in [5, 5.41) is 12.3. The second-order valence-electron chi connectivity index (χ2n) is 4.13. The molecule has 0 bridgehead atoms. The molecule has 2 rings (SSSR count). The molecule has 0 spiro atoms. The van der Waals surface area contributed by atoms with Crippen LogP contribution in [0.1, 0.15) is 24.2 Å². The molecule has 1 unspecified atom stereocenters. The summed E-state index contributed by atoms with van der Waals surface area (Å²) in [7, 11) is 0. The first kappa shape index (κ1) is 13.4. The van der Waals surface area contributed by atoms with Gasteiger partial charge in [-0.25, -0.2) is 14.4 Å². The van der Waals surface area contributed by atoms with Crippen molar-refractivity contribution in [3.8, 4) is 0 Å². The van der Waals surface area contributed by atoms with Crippen LogP contribution in [0.25, 0.3) is 0 Å². The standard InChI is InChI=1S/C14H16FN3O/c1-2-11-13(15)14(17-9-16-11)18-12(8-19)10-6-4-3-5-7-10/h3-7,9,12,19H,2,8H2,1H3,(H,16,17,18). The Labute approximate surface area is 111 Å². The Morgan fingerprint density at radius 2 is 2.00 bits per heavy atom. The molecule has 5 heteroatoms. The van der Waals surface area contributed by atoms with Gasteiger partial charge in [-0.3, -0.25) is 0 Å². The highest BCUT2D eigenvalue weighted by Gasteiger charge is 2.15. The van der Waals surface area contributed by atoms with E-state index in [1.807, 2.05) is 37.3 Å². The lowest BCUT2D eigenvalue weighted by Crippen LogP contribution is -2.17. The van der Waals surface area contributed by atoms with Crippen LogP contribution in [0.5, 0.6) is 0 Å². The van der Waals surface area contributed by atoms with E-state index in [2.05, 4.69) is 15.3 Å². The van der Waals surface area contributed by atoms with Gasteiger partial charge in [-0.05, 0) is 12.0 Å². The van der Waals surface area contributed by atoms with Crippen LogP contribution in [0.4, 0.5) is 10.2 Å². The Balaban J connectivity index is 2.24. The van der Waals surface area contributed by atoms with Gasteiger partial charge in [0.25, 0.3) is 0 Å². The molecule has 1 aromatic carbocycles. The lowest BCUT2D eigenvalue weighted by atomic mass is 10.1. The van der Waals surface area contributed by atoms with Crippen LogP contribution in [0.15, 0.2) is 36.7 Å². The van der Waals surface area contributed by atoms with E-state index in [0.29, 0.717) is 12.1 Å². The minimum Gasteiger partial charge on any atom is -0.394 e. The number of hydrogen-bond acceptors (Lipinski definition) is 4. The zero-order valence-corrected chi connectivity index (χ0v) is 10.7. The van der Waals surface area contributed by atoms with Crippen LogP contribution in [0.3, 0.4) is 0 Å². The van der Waals surface area contributed by atoms with Gasteiger partial charge in [0.05, 0.1) is 18.3 Å². The Hall–Kier alpha value is -2.01. The highest BCUT2D eigenvalue weighted by Crippen LogP contribution is 2.20. The summed E-state index contributed by atoms with van der Waals surface area (Å²) >= 11 is 0.